The second-order valence-electron chi connectivity index (χ2n) is 6.56. The van der Waals surface area contributed by atoms with Crippen molar-refractivity contribution in [1.82, 2.24) is 4.98 Å². The molecule has 0 saturated heterocycles. The molecule has 2 aliphatic rings. The minimum atomic E-state index is -1.17. The number of benzene rings is 2. The maximum Gasteiger partial charge on any atom is 0.304 e. The molecule has 0 spiro atoms. The first kappa shape index (κ1) is 16.5. The highest BCUT2D eigenvalue weighted by molar-refractivity contribution is 6.14. The highest BCUT2D eigenvalue weighted by Gasteiger charge is 2.49. The van der Waals surface area contributed by atoms with Gasteiger partial charge < -0.3 is 14.2 Å². The first-order valence-electron chi connectivity index (χ1n) is 8.87. The van der Waals surface area contributed by atoms with Crippen LogP contribution in [0.3, 0.4) is 0 Å². The van der Waals surface area contributed by atoms with E-state index in [2.05, 4.69) is 4.98 Å². The van der Waals surface area contributed by atoms with Crippen LogP contribution < -0.4 is 9.47 Å². The summed E-state index contributed by atoms with van der Waals surface area (Å²) in [6, 6.07) is 17.1. The van der Waals surface area contributed by atoms with Crippen LogP contribution in [0.4, 0.5) is 5.69 Å². The number of aliphatic imine (C=N–C) groups is 1. The Hall–Kier alpha value is -3.67. The summed E-state index contributed by atoms with van der Waals surface area (Å²) in [5, 5.41) is 0. The Bertz CT molecular complexity index is 1110. The van der Waals surface area contributed by atoms with Gasteiger partial charge in [-0.2, -0.15) is 0 Å². The van der Waals surface area contributed by atoms with Crippen molar-refractivity contribution in [2.75, 3.05) is 6.79 Å². The van der Waals surface area contributed by atoms with Gasteiger partial charge in [-0.3, -0.25) is 9.78 Å². The van der Waals surface area contributed by atoms with Crippen LogP contribution in [0.1, 0.15) is 23.6 Å². The van der Waals surface area contributed by atoms with Crippen LogP contribution >= 0.6 is 0 Å². The van der Waals surface area contributed by atoms with E-state index in [1.807, 2.05) is 54.6 Å². The van der Waals surface area contributed by atoms with E-state index in [1.54, 1.807) is 12.4 Å². The Balaban J connectivity index is 1.78. The number of fused-ring (bicyclic) bond motifs is 2. The fourth-order valence-corrected chi connectivity index (χ4v) is 3.75. The van der Waals surface area contributed by atoms with Crippen LogP contribution in [0.15, 0.2) is 72.0 Å². The minimum Gasteiger partial charge on any atom is -0.454 e. The number of hydrogen-bond donors (Lipinski definition) is 0. The van der Waals surface area contributed by atoms with Crippen molar-refractivity contribution < 1.29 is 19.0 Å². The van der Waals surface area contributed by atoms with Crippen LogP contribution in [0.2, 0.25) is 0 Å². The molecule has 6 heteroatoms. The lowest BCUT2D eigenvalue weighted by atomic mass is 9.81. The lowest BCUT2D eigenvalue weighted by Crippen LogP contribution is -2.39. The predicted octanol–water partition coefficient (Wildman–Crippen LogP) is 3.75. The largest absolute Gasteiger partial charge is 0.454 e. The Morgan fingerprint density at radius 3 is 2.71 bits per heavy atom. The summed E-state index contributed by atoms with van der Waals surface area (Å²) in [4.78, 5) is 21.2. The number of hydrogen-bond acceptors (Lipinski definition) is 6. The zero-order valence-electron chi connectivity index (χ0n) is 15.1. The molecule has 2 aliphatic heterocycles. The number of ether oxygens (including phenoxy) is 3. The summed E-state index contributed by atoms with van der Waals surface area (Å²) in [7, 11) is 0. The molecule has 6 nitrogen and oxygen atoms in total. The quantitative estimate of drug-likeness (QED) is 0.655. The number of carbonyl (C=O) groups excluding carboxylic acids is 1. The van der Waals surface area contributed by atoms with Gasteiger partial charge in [-0.25, -0.2) is 4.99 Å². The molecule has 3 aromatic rings. The molecule has 0 radical (unpaired) electrons. The molecule has 138 valence electrons. The van der Waals surface area contributed by atoms with Crippen molar-refractivity contribution in [3.8, 4) is 11.5 Å². The van der Waals surface area contributed by atoms with Crippen molar-refractivity contribution in [1.29, 1.82) is 0 Å². The topological polar surface area (TPSA) is 70.0 Å². The van der Waals surface area contributed by atoms with E-state index in [0.717, 1.165) is 16.7 Å². The van der Waals surface area contributed by atoms with Crippen molar-refractivity contribution in [2.24, 2.45) is 4.99 Å². The van der Waals surface area contributed by atoms with Crippen molar-refractivity contribution in [3.05, 3.63) is 83.7 Å². The third kappa shape index (κ3) is 2.38. The lowest BCUT2D eigenvalue weighted by Gasteiger charge is -2.32. The van der Waals surface area contributed by atoms with Gasteiger partial charge in [0.1, 0.15) is 5.71 Å². The summed E-state index contributed by atoms with van der Waals surface area (Å²) in [5.41, 5.74) is 2.48. The van der Waals surface area contributed by atoms with E-state index in [1.165, 1.54) is 6.92 Å². The maximum atomic E-state index is 12.2. The van der Waals surface area contributed by atoms with Gasteiger partial charge in [0.2, 0.25) is 12.4 Å². The van der Waals surface area contributed by atoms with Gasteiger partial charge in [0.25, 0.3) is 0 Å². The van der Waals surface area contributed by atoms with Gasteiger partial charge in [0.05, 0.1) is 11.9 Å². The summed E-state index contributed by atoms with van der Waals surface area (Å²) >= 11 is 0. The van der Waals surface area contributed by atoms with Gasteiger partial charge in [-0.1, -0.05) is 30.3 Å². The molecule has 0 amide bonds. The van der Waals surface area contributed by atoms with Gasteiger partial charge in [0, 0.05) is 29.8 Å². The van der Waals surface area contributed by atoms with Crippen molar-refractivity contribution >= 4 is 17.4 Å². The Morgan fingerprint density at radius 2 is 1.89 bits per heavy atom. The Labute approximate surface area is 161 Å². The number of rotatable bonds is 3. The van der Waals surface area contributed by atoms with Crippen molar-refractivity contribution in [3.63, 3.8) is 0 Å². The highest BCUT2D eigenvalue weighted by Crippen LogP contribution is 2.48. The number of pyridine rings is 1. The second-order valence-corrected chi connectivity index (χ2v) is 6.56. The van der Waals surface area contributed by atoms with E-state index >= 15 is 0 Å². The molecule has 5 rings (SSSR count). The third-order valence-corrected chi connectivity index (χ3v) is 4.87. The number of aromatic nitrogens is 1. The molecule has 0 saturated carbocycles. The fourth-order valence-electron chi connectivity index (χ4n) is 3.75. The van der Waals surface area contributed by atoms with Crippen LogP contribution in [0.5, 0.6) is 11.5 Å². The maximum absolute atomic E-state index is 12.2. The predicted molar refractivity (Wildman–Crippen MR) is 102 cm³/mol. The summed E-state index contributed by atoms with van der Waals surface area (Å²) in [5.74, 6) is 0.917. The standard InChI is InChI=1S/C22H16N2O4/c1-14(25)28-22(16-5-3-2-4-6-16)17-9-10-23-12-18(17)24-21(22)15-7-8-19-20(11-15)27-13-26-19/h2-12H,13H2,1H3. The zero-order chi connectivity index (χ0) is 19.1. The van der Waals surface area contributed by atoms with E-state index in [9.17, 15) is 4.79 Å². The second kappa shape index (κ2) is 6.20. The molecule has 1 atom stereocenters. The van der Waals surface area contributed by atoms with E-state index in [4.69, 9.17) is 19.2 Å². The average molecular weight is 372 g/mol. The monoisotopic (exact) mass is 372 g/mol. The molecule has 0 N–H and O–H groups in total. The van der Waals surface area contributed by atoms with E-state index < -0.39 is 11.6 Å². The van der Waals surface area contributed by atoms with E-state index in [0.29, 0.717) is 22.9 Å². The molecule has 1 unspecified atom stereocenters. The number of nitrogens with zero attached hydrogens (tertiary/aromatic N) is 2. The first-order valence-corrected chi connectivity index (χ1v) is 8.87. The molecule has 2 aromatic carbocycles. The molecule has 0 aliphatic carbocycles. The Kier molecular flexibility index (Phi) is 3.65. The SMILES string of the molecule is CC(=O)OC1(c2ccccc2)C(c2ccc3c(c2)OCO3)=Nc2cnccc21. The van der Waals surface area contributed by atoms with Crippen LogP contribution in [-0.4, -0.2) is 23.5 Å². The number of esters is 1. The normalized spacial score (nSPS) is 19.1. The van der Waals surface area contributed by atoms with Gasteiger partial charge in [0.15, 0.2) is 11.5 Å². The minimum absolute atomic E-state index is 0.184. The Morgan fingerprint density at radius 1 is 1.07 bits per heavy atom. The molecule has 28 heavy (non-hydrogen) atoms. The van der Waals surface area contributed by atoms with Gasteiger partial charge >= 0.3 is 5.97 Å². The number of carbonyl (C=O) groups is 1. The van der Waals surface area contributed by atoms with Crippen LogP contribution in [-0.2, 0) is 15.1 Å². The lowest BCUT2D eigenvalue weighted by molar-refractivity contribution is -0.148. The fraction of sp³-hybridized carbons (Fsp3) is 0.136. The summed E-state index contributed by atoms with van der Waals surface area (Å²) < 4.78 is 17.0. The third-order valence-electron chi connectivity index (χ3n) is 4.87. The first-order chi connectivity index (χ1) is 13.7. The average Bonchev–Trinajstić information content (AvgIpc) is 3.31. The smallest absolute Gasteiger partial charge is 0.304 e. The molecule has 1 aromatic heterocycles. The van der Waals surface area contributed by atoms with Crippen molar-refractivity contribution in [2.45, 2.75) is 12.5 Å². The van der Waals surface area contributed by atoms with Crippen LogP contribution in [0, 0.1) is 0 Å². The van der Waals surface area contributed by atoms with Gasteiger partial charge in [-0.15, -0.1) is 0 Å². The summed E-state index contributed by atoms with van der Waals surface area (Å²) in [6.07, 6.45) is 3.36. The van der Waals surface area contributed by atoms with Crippen LogP contribution in [0.25, 0.3) is 0 Å². The summed E-state index contributed by atoms with van der Waals surface area (Å²) in [6.45, 7) is 1.59. The highest BCUT2D eigenvalue weighted by atomic mass is 16.7. The van der Waals surface area contributed by atoms with Gasteiger partial charge in [-0.05, 0) is 24.3 Å². The molecular formula is C22H16N2O4. The molecule has 3 heterocycles. The molecular weight excluding hydrogens is 356 g/mol. The zero-order valence-corrected chi connectivity index (χ0v) is 15.1. The van der Waals surface area contributed by atoms with E-state index in [-0.39, 0.29) is 6.79 Å². The molecule has 0 fully saturated rings. The molecule has 0 bridgehead atoms.